The number of hydrogen-bond acceptors (Lipinski definition) is 5. The van der Waals surface area contributed by atoms with Gasteiger partial charge in [-0.15, -0.1) is 11.3 Å². The molecule has 2 N–H and O–H groups in total. The van der Waals surface area contributed by atoms with Crippen LogP contribution in [0.15, 0.2) is 28.6 Å². The molecule has 2 rings (SSSR count). The first kappa shape index (κ1) is 17.7. The van der Waals surface area contributed by atoms with Gasteiger partial charge in [0.25, 0.3) is 0 Å². The van der Waals surface area contributed by atoms with Crippen molar-refractivity contribution < 1.29 is 19.8 Å². The molecule has 1 aromatic heterocycles. The number of benzene rings is 1. The standard InChI is InChI=1S/C16H19NO4S2/c1-3-16(4-2,14(20)21)10(13(18)19)9-22-15-17-11-7-5-6-8-12(11)23-15/h5-8,10H,3-4,9H2,1-2H3,(H,18,19)(H,20,21). The van der Waals surface area contributed by atoms with E-state index in [0.717, 1.165) is 14.6 Å². The number of thiazole rings is 1. The highest BCUT2D eigenvalue weighted by atomic mass is 32.2. The molecular formula is C16H19NO4S2. The summed E-state index contributed by atoms with van der Waals surface area (Å²) >= 11 is 2.82. The highest BCUT2D eigenvalue weighted by molar-refractivity contribution is 8.01. The zero-order valence-corrected chi connectivity index (χ0v) is 14.6. The van der Waals surface area contributed by atoms with Crippen molar-refractivity contribution in [3.8, 4) is 0 Å². The van der Waals surface area contributed by atoms with Crippen LogP contribution in [0, 0.1) is 11.3 Å². The van der Waals surface area contributed by atoms with E-state index >= 15 is 0 Å². The molecule has 0 saturated carbocycles. The molecule has 124 valence electrons. The van der Waals surface area contributed by atoms with Crippen molar-refractivity contribution in [2.24, 2.45) is 11.3 Å². The number of rotatable bonds is 8. The highest BCUT2D eigenvalue weighted by Gasteiger charge is 2.46. The molecule has 1 unspecified atom stereocenters. The molecule has 0 saturated heterocycles. The third-order valence-electron chi connectivity index (χ3n) is 4.30. The molecule has 0 aliphatic carbocycles. The minimum Gasteiger partial charge on any atom is -0.481 e. The molecular weight excluding hydrogens is 334 g/mol. The fourth-order valence-corrected chi connectivity index (χ4v) is 5.07. The van der Waals surface area contributed by atoms with E-state index in [4.69, 9.17) is 0 Å². The largest absolute Gasteiger partial charge is 0.481 e. The average molecular weight is 353 g/mol. The van der Waals surface area contributed by atoms with Gasteiger partial charge in [-0.25, -0.2) is 4.98 Å². The smallest absolute Gasteiger partial charge is 0.310 e. The zero-order valence-electron chi connectivity index (χ0n) is 13.0. The van der Waals surface area contributed by atoms with Crippen molar-refractivity contribution >= 4 is 45.3 Å². The van der Waals surface area contributed by atoms with Crippen LogP contribution in [0.3, 0.4) is 0 Å². The van der Waals surface area contributed by atoms with Crippen LogP contribution in [0.1, 0.15) is 26.7 Å². The second kappa shape index (κ2) is 7.31. The predicted octanol–water partition coefficient (Wildman–Crippen LogP) is 3.98. The van der Waals surface area contributed by atoms with Crippen molar-refractivity contribution in [3.63, 3.8) is 0 Å². The summed E-state index contributed by atoms with van der Waals surface area (Å²) in [5, 5.41) is 19.1. The van der Waals surface area contributed by atoms with Crippen molar-refractivity contribution in [1.29, 1.82) is 0 Å². The Labute approximate surface area is 142 Å². The van der Waals surface area contributed by atoms with Crippen molar-refractivity contribution in [1.82, 2.24) is 4.98 Å². The van der Waals surface area contributed by atoms with Crippen LogP contribution in [0.25, 0.3) is 10.2 Å². The van der Waals surface area contributed by atoms with Gasteiger partial charge in [0.05, 0.1) is 21.5 Å². The SMILES string of the molecule is CCC(CC)(C(=O)O)C(CSc1nc2ccccc2s1)C(=O)O. The summed E-state index contributed by atoms with van der Waals surface area (Å²) in [5.74, 6) is -2.86. The lowest BCUT2D eigenvalue weighted by molar-refractivity contribution is -0.162. The lowest BCUT2D eigenvalue weighted by atomic mass is 9.72. The molecule has 0 bridgehead atoms. The molecule has 5 nitrogen and oxygen atoms in total. The molecule has 2 aromatic rings. The van der Waals surface area contributed by atoms with Crippen LogP contribution in [0.5, 0.6) is 0 Å². The van der Waals surface area contributed by atoms with Gasteiger partial charge in [-0.1, -0.05) is 37.7 Å². The third kappa shape index (κ3) is 3.50. The number of para-hydroxylation sites is 1. The van der Waals surface area contributed by atoms with Gasteiger partial charge >= 0.3 is 11.9 Å². The first-order chi connectivity index (χ1) is 10.9. The van der Waals surface area contributed by atoms with Crippen molar-refractivity contribution in [3.05, 3.63) is 24.3 Å². The minimum atomic E-state index is -1.24. The molecule has 0 aliphatic heterocycles. The lowest BCUT2D eigenvalue weighted by Crippen LogP contribution is -2.43. The Kier molecular flexibility index (Phi) is 5.64. The molecule has 0 aliphatic rings. The van der Waals surface area contributed by atoms with E-state index in [1.807, 2.05) is 24.3 Å². The van der Waals surface area contributed by atoms with Gasteiger partial charge in [0.15, 0.2) is 4.34 Å². The summed E-state index contributed by atoms with van der Waals surface area (Å²) in [7, 11) is 0. The summed E-state index contributed by atoms with van der Waals surface area (Å²) in [6, 6.07) is 7.70. The third-order valence-corrected chi connectivity index (χ3v) is 6.57. The number of hydrogen-bond donors (Lipinski definition) is 2. The summed E-state index contributed by atoms with van der Waals surface area (Å²) in [6.45, 7) is 3.46. The molecule has 0 spiro atoms. The first-order valence-electron chi connectivity index (χ1n) is 7.39. The summed E-state index contributed by atoms with van der Waals surface area (Å²) in [5.41, 5.74) is -0.363. The number of carboxylic acids is 2. The zero-order chi connectivity index (χ0) is 17.0. The van der Waals surface area contributed by atoms with E-state index in [1.165, 1.54) is 23.1 Å². The van der Waals surface area contributed by atoms with Crippen LogP contribution >= 0.6 is 23.1 Å². The fourth-order valence-electron chi connectivity index (χ4n) is 2.73. The van der Waals surface area contributed by atoms with Crippen LogP contribution < -0.4 is 0 Å². The van der Waals surface area contributed by atoms with Gasteiger partial charge < -0.3 is 10.2 Å². The van der Waals surface area contributed by atoms with E-state index in [2.05, 4.69) is 4.98 Å². The van der Waals surface area contributed by atoms with Gasteiger partial charge in [-0.3, -0.25) is 9.59 Å². The van der Waals surface area contributed by atoms with Gasteiger partial charge in [0, 0.05) is 5.75 Å². The number of carbonyl (C=O) groups is 2. The molecule has 0 amide bonds. The average Bonchev–Trinajstić information content (AvgIpc) is 2.93. The Morgan fingerprint density at radius 2 is 1.91 bits per heavy atom. The second-order valence-corrected chi connectivity index (χ2v) is 7.62. The van der Waals surface area contributed by atoms with E-state index in [9.17, 15) is 19.8 Å². The molecule has 7 heteroatoms. The van der Waals surface area contributed by atoms with Crippen LogP contribution in [-0.2, 0) is 9.59 Å². The van der Waals surface area contributed by atoms with Gasteiger partial charge in [-0.2, -0.15) is 0 Å². The normalized spacial score (nSPS) is 13.1. The Balaban J connectivity index is 2.22. The first-order valence-corrected chi connectivity index (χ1v) is 9.19. The quantitative estimate of drug-likeness (QED) is 0.698. The molecule has 23 heavy (non-hydrogen) atoms. The summed E-state index contributed by atoms with van der Waals surface area (Å²) in [4.78, 5) is 27.8. The Morgan fingerprint density at radius 3 is 2.43 bits per heavy atom. The number of carboxylic acid groups (broad SMARTS) is 2. The summed E-state index contributed by atoms with van der Waals surface area (Å²) < 4.78 is 1.81. The number of aliphatic carboxylic acids is 2. The Hall–Kier alpha value is -1.60. The van der Waals surface area contributed by atoms with Gasteiger partial charge in [0.2, 0.25) is 0 Å². The highest BCUT2D eigenvalue weighted by Crippen LogP contribution is 2.40. The Morgan fingerprint density at radius 1 is 1.26 bits per heavy atom. The molecule has 0 fully saturated rings. The monoisotopic (exact) mass is 353 g/mol. The maximum Gasteiger partial charge on any atom is 0.310 e. The summed E-state index contributed by atoms with van der Waals surface area (Å²) in [6.07, 6.45) is 0.576. The Bertz CT molecular complexity index is 676. The minimum absolute atomic E-state index is 0.198. The van der Waals surface area contributed by atoms with Gasteiger partial charge in [0.1, 0.15) is 0 Å². The van der Waals surface area contributed by atoms with E-state index < -0.39 is 23.3 Å². The van der Waals surface area contributed by atoms with Crippen molar-refractivity contribution in [2.75, 3.05) is 5.75 Å². The topological polar surface area (TPSA) is 87.5 Å². The second-order valence-electron chi connectivity index (χ2n) is 5.32. The lowest BCUT2D eigenvalue weighted by Gasteiger charge is -2.32. The maximum atomic E-state index is 11.7. The number of thioether (sulfide) groups is 1. The van der Waals surface area contributed by atoms with Crippen LogP contribution in [-0.4, -0.2) is 32.9 Å². The molecule has 1 atom stereocenters. The fraction of sp³-hybridized carbons (Fsp3) is 0.438. The number of aromatic nitrogens is 1. The number of fused-ring (bicyclic) bond motifs is 1. The maximum absolute atomic E-state index is 11.7. The van der Waals surface area contributed by atoms with Crippen LogP contribution in [0.4, 0.5) is 0 Å². The predicted molar refractivity (Wildman–Crippen MR) is 92.1 cm³/mol. The van der Waals surface area contributed by atoms with E-state index in [0.29, 0.717) is 0 Å². The van der Waals surface area contributed by atoms with E-state index in [1.54, 1.807) is 13.8 Å². The van der Waals surface area contributed by atoms with Gasteiger partial charge in [-0.05, 0) is 25.0 Å². The molecule has 1 aromatic carbocycles. The molecule has 0 radical (unpaired) electrons. The van der Waals surface area contributed by atoms with Crippen molar-refractivity contribution in [2.45, 2.75) is 31.0 Å². The van der Waals surface area contributed by atoms with Crippen LogP contribution in [0.2, 0.25) is 0 Å². The molecule has 1 heterocycles. The van der Waals surface area contributed by atoms with E-state index in [-0.39, 0.29) is 18.6 Å². The number of nitrogens with zero attached hydrogens (tertiary/aromatic N) is 1.